The van der Waals surface area contributed by atoms with Gasteiger partial charge in [-0.25, -0.2) is 0 Å². The van der Waals surface area contributed by atoms with Gasteiger partial charge in [0.25, 0.3) is 5.69 Å². The minimum absolute atomic E-state index is 0.00996. The molecule has 20 heavy (non-hydrogen) atoms. The van der Waals surface area contributed by atoms with Crippen LogP contribution in [0.5, 0.6) is 0 Å². The molecule has 1 N–H and O–H groups in total. The molecule has 0 radical (unpaired) electrons. The fraction of sp³-hybridized carbons (Fsp3) is 0.357. The number of allylic oxidation sites excluding steroid dienone is 1. The van der Waals surface area contributed by atoms with Gasteiger partial charge in [-0.3, -0.25) is 14.8 Å². The lowest BCUT2D eigenvalue weighted by Gasteiger charge is -2.25. The summed E-state index contributed by atoms with van der Waals surface area (Å²) in [5.74, 6) is -0.00996. The second kappa shape index (κ2) is 6.67. The van der Waals surface area contributed by atoms with E-state index in [1.54, 1.807) is 12.1 Å². The molecular formula is C14H16N2O3S. The number of hydrogen-bond donors (Lipinski definition) is 1. The molecule has 0 unspecified atom stereocenters. The number of aldehydes is 1. The first-order chi connectivity index (χ1) is 9.60. The minimum atomic E-state index is -0.419. The second-order valence-corrected chi connectivity index (χ2v) is 5.76. The van der Waals surface area contributed by atoms with Crippen molar-refractivity contribution in [3.8, 4) is 0 Å². The Labute approximate surface area is 121 Å². The first-order valence-electron chi connectivity index (χ1n) is 6.39. The summed E-state index contributed by atoms with van der Waals surface area (Å²) in [4.78, 5) is 22.1. The number of rotatable bonds is 5. The smallest absolute Gasteiger partial charge is 0.269 e. The molecule has 6 heteroatoms. The monoisotopic (exact) mass is 292 g/mol. The van der Waals surface area contributed by atoms with Crippen molar-refractivity contribution in [2.24, 2.45) is 5.92 Å². The number of nitro benzene ring substituents is 1. The van der Waals surface area contributed by atoms with Crippen LogP contribution in [-0.2, 0) is 4.79 Å². The van der Waals surface area contributed by atoms with Gasteiger partial charge in [0.05, 0.1) is 4.92 Å². The quantitative estimate of drug-likeness (QED) is 0.297. The van der Waals surface area contributed by atoms with Crippen molar-refractivity contribution in [1.29, 1.82) is 0 Å². The molecule has 0 heterocycles. The average molecular weight is 292 g/mol. The number of nitro groups is 1. The van der Waals surface area contributed by atoms with Gasteiger partial charge in [0.2, 0.25) is 0 Å². The first-order valence-corrected chi connectivity index (χ1v) is 7.21. The van der Waals surface area contributed by atoms with Crippen molar-refractivity contribution in [1.82, 2.24) is 4.72 Å². The molecule has 106 valence electrons. The van der Waals surface area contributed by atoms with Crippen LogP contribution in [0.15, 0.2) is 40.8 Å². The van der Waals surface area contributed by atoms with Crippen LogP contribution in [0.1, 0.15) is 19.8 Å². The lowest BCUT2D eigenvalue weighted by Crippen LogP contribution is -2.33. The maximum atomic E-state index is 11.1. The zero-order valence-electron chi connectivity index (χ0n) is 11.1. The normalized spacial score (nSPS) is 22.1. The predicted molar refractivity (Wildman–Crippen MR) is 78.4 cm³/mol. The summed E-state index contributed by atoms with van der Waals surface area (Å²) in [6.07, 6.45) is 4.91. The van der Waals surface area contributed by atoms with Crippen molar-refractivity contribution in [3.05, 3.63) is 46.0 Å². The van der Waals surface area contributed by atoms with Crippen molar-refractivity contribution in [3.63, 3.8) is 0 Å². The number of hydrogen-bond acceptors (Lipinski definition) is 5. The molecule has 2 atom stereocenters. The van der Waals surface area contributed by atoms with Crippen LogP contribution in [0.3, 0.4) is 0 Å². The van der Waals surface area contributed by atoms with Gasteiger partial charge >= 0.3 is 0 Å². The van der Waals surface area contributed by atoms with E-state index in [-0.39, 0.29) is 17.6 Å². The zero-order chi connectivity index (χ0) is 14.5. The van der Waals surface area contributed by atoms with E-state index in [4.69, 9.17) is 0 Å². The molecule has 1 aliphatic rings. The second-order valence-electron chi connectivity index (χ2n) is 4.85. The van der Waals surface area contributed by atoms with Crippen LogP contribution in [0.4, 0.5) is 5.69 Å². The number of nitrogens with zero attached hydrogens (tertiary/aromatic N) is 1. The van der Waals surface area contributed by atoms with Crippen molar-refractivity contribution < 1.29 is 9.72 Å². The van der Waals surface area contributed by atoms with Crippen molar-refractivity contribution >= 4 is 23.9 Å². The Balaban J connectivity index is 1.98. The number of benzene rings is 1. The Hall–Kier alpha value is -1.66. The summed E-state index contributed by atoms with van der Waals surface area (Å²) in [6.45, 7) is 2.06. The molecule has 0 bridgehead atoms. The number of carbonyl (C=O) groups is 1. The van der Waals surface area contributed by atoms with E-state index in [9.17, 15) is 14.9 Å². The molecule has 0 amide bonds. The summed E-state index contributed by atoms with van der Waals surface area (Å²) in [6, 6.07) is 6.37. The number of carbonyl (C=O) groups excluding carboxylic acids is 1. The van der Waals surface area contributed by atoms with Gasteiger partial charge in [-0.05, 0) is 43.8 Å². The molecule has 0 spiro atoms. The number of non-ortho nitro benzene ring substituents is 1. The maximum Gasteiger partial charge on any atom is 0.269 e. The molecular weight excluding hydrogens is 276 g/mol. The van der Waals surface area contributed by atoms with Crippen LogP contribution in [0.2, 0.25) is 0 Å². The zero-order valence-corrected chi connectivity index (χ0v) is 11.9. The van der Waals surface area contributed by atoms with Gasteiger partial charge in [-0.15, -0.1) is 0 Å². The highest BCUT2D eigenvalue weighted by molar-refractivity contribution is 7.97. The van der Waals surface area contributed by atoms with Crippen LogP contribution < -0.4 is 4.72 Å². The SMILES string of the molecule is CC1=C[C@H](NSc2ccc([N+](=O)[O-])cc2)[C@H](C=O)CC1. The van der Waals surface area contributed by atoms with Gasteiger partial charge < -0.3 is 4.79 Å². The van der Waals surface area contributed by atoms with E-state index in [0.29, 0.717) is 0 Å². The van der Waals surface area contributed by atoms with Gasteiger partial charge in [-0.2, -0.15) is 0 Å². The molecule has 1 aromatic carbocycles. The van der Waals surface area contributed by atoms with Gasteiger partial charge in [0.1, 0.15) is 6.29 Å². The van der Waals surface area contributed by atoms with Gasteiger partial charge in [-0.1, -0.05) is 11.6 Å². The third-order valence-corrected chi connectivity index (χ3v) is 4.23. The van der Waals surface area contributed by atoms with Gasteiger partial charge in [0.15, 0.2) is 0 Å². The average Bonchev–Trinajstić information content (AvgIpc) is 2.45. The minimum Gasteiger partial charge on any atom is -0.303 e. The van der Waals surface area contributed by atoms with Crippen LogP contribution in [-0.4, -0.2) is 17.3 Å². The summed E-state index contributed by atoms with van der Waals surface area (Å²) < 4.78 is 3.26. The van der Waals surface area contributed by atoms with Crippen LogP contribution in [0.25, 0.3) is 0 Å². The molecule has 1 aromatic rings. The Kier molecular flexibility index (Phi) is 4.92. The summed E-state index contributed by atoms with van der Waals surface area (Å²) in [5.41, 5.74) is 1.36. The van der Waals surface area contributed by atoms with E-state index in [1.807, 2.05) is 0 Å². The molecule has 0 saturated carbocycles. The highest BCUT2D eigenvalue weighted by Gasteiger charge is 2.23. The lowest BCUT2D eigenvalue weighted by atomic mass is 9.88. The standard InChI is InChI=1S/C14H16N2O3S/c1-10-2-3-11(9-17)14(8-10)15-20-13-6-4-12(5-7-13)16(18)19/h4-9,11,14-15H,2-3H2,1H3/t11-,14-/m0/s1. The predicted octanol–water partition coefficient (Wildman–Crippen LogP) is 3.12. The molecule has 0 fully saturated rings. The van der Waals surface area contributed by atoms with E-state index < -0.39 is 4.92 Å². The molecule has 0 aliphatic heterocycles. The van der Waals surface area contributed by atoms with E-state index in [1.165, 1.54) is 29.7 Å². The van der Waals surface area contributed by atoms with Gasteiger partial charge in [0, 0.05) is 29.0 Å². The molecule has 2 rings (SSSR count). The fourth-order valence-corrected chi connectivity index (χ4v) is 2.92. The molecule has 0 aromatic heterocycles. The third kappa shape index (κ3) is 3.68. The highest BCUT2D eigenvalue weighted by Crippen LogP contribution is 2.26. The fourth-order valence-electron chi connectivity index (χ4n) is 2.13. The Morgan fingerprint density at radius 1 is 1.40 bits per heavy atom. The Morgan fingerprint density at radius 2 is 2.10 bits per heavy atom. The van der Waals surface area contributed by atoms with Crippen molar-refractivity contribution in [2.75, 3.05) is 0 Å². The van der Waals surface area contributed by atoms with E-state index in [0.717, 1.165) is 24.0 Å². The summed E-state index contributed by atoms with van der Waals surface area (Å²) >= 11 is 1.39. The topological polar surface area (TPSA) is 72.2 Å². The Morgan fingerprint density at radius 3 is 2.70 bits per heavy atom. The molecule has 5 nitrogen and oxygen atoms in total. The lowest BCUT2D eigenvalue weighted by molar-refractivity contribution is -0.384. The maximum absolute atomic E-state index is 11.1. The number of nitrogens with one attached hydrogen (secondary N) is 1. The van der Waals surface area contributed by atoms with Crippen LogP contribution in [0, 0.1) is 16.0 Å². The third-order valence-electron chi connectivity index (χ3n) is 3.33. The molecule has 0 saturated heterocycles. The van der Waals surface area contributed by atoms with Crippen LogP contribution >= 0.6 is 11.9 Å². The largest absolute Gasteiger partial charge is 0.303 e. The van der Waals surface area contributed by atoms with E-state index in [2.05, 4.69) is 17.7 Å². The summed E-state index contributed by atoms with van der Waals surface area (Å²) in [5, 5.41) is 10.6. The summed E-state index contributed by atoms with van der Waals surface area (Å²) in [7, 11) is 0. The Bertz CT molecular complexity index is 528. The van der Waals surface area contributed by atoms with Crippen molar-refractivity contribution in [2.45, 2.75) is 30.7 Å². The molecule has 1 aliphatic carbocycles. The van der Waals surface area contributed by atoms with E-state index >= 15 is 0 Å². The first kappa shape index (κ1) is 14.7. The highest BCUT2D eigenvalue weighted by atomic mass is 32.2.